The van der Waals surface area contributed by atoms with Crippen LogP contribution >= 0.6 is 0 Å². The highest BCUT2D eigenvalue weighted by molar-refractivity contribution is 7.89. The molecule has 1 aliphatic heterocycles. The first-order valence-corrected chi connectivity index (χ1v) is 7.43. The molecule has 1 heterocycles. The second kappa shape index (κ2) is 5.68. The summed E-state index contributed by atoms with van der Waals surface area (Å²) in [6, 6.07) is 5.51. The predicted molar refractivity (Wildman–Crippen MR) is 67.1 cm³/mol. The number of carbonyl (C=O) groups excluding carboxylic acids is 1. The molecule has 6 nitrogen and oxygen atoms in total. The van der Waals surface area contributed by atoms with E-state index in [1.807, 2.05) is 0 Å². The first-order valence-electron chi connectivity index (χ1n) is 5.88. The first kappa shape index (κ1) is 14.0. The Morgan fingerprint density at radius 2 is 2.00 bits per heavy atom. The second-order valence-electron chi connectivity index (χ2n) is 4.29. The fourth-order valence-electron chi connectivity index (χ4n) is 1.81. The van der Waals surface area contributed by atoms with Crippen LogP contribution in [0.5, 0.6) is 0 Å². The lowest BCUT2D eigenvalue weighted by Gasteiger charge is -2.22. The number of nitrogens with two attached hydrogens (primary N) is 1. The molecule has 7 heteroatoms. The maximum Gasteiger partial charge on any atom is 0.338 e. The summed E-state index contributed by atoms with van der Waals surface area (Å²) in [5, 5.41) is 5.01. The van der Waals surface area contributed by atoms with Gasteiger partial charge in [-0.25, -0.2) is 18.4 Å². The molecular formula is C12H15NO5S. The molecule has 1 fully saturated rings. The number of esters is 1. The summed E-state index contributed by atoms with van der Waals surface area (Å²) in [4.78, 5) is 11.8. The maximum atomic E-state index is 11.9. The van der Waals surface area contributed by atoms with Gasteiger partial charge < -0.3 is 9.47 Å². The third-order valence-corrected chi connectivity index (χ3v) is 3.75. The molecule has 1 aromatic rings. The number of benzene rings is 1. The van der Waals surface area contributed by atoms with Crippen molar-refractivity contribution >= 4 is 16.0 Å². The van der Waals surface area contributed by atoms with Crippen molar-refractivity contribution in [3.05, 3.63) is 29.8 Å². The fourth-order valence-corrected chi connectivity index (χ4v) is 2.37. The highest BCUT2D eigenvalue weighted by Crippen LogP contribution is 2.15. The minimum atomic E-state index is -3.82. The van der Waals surface area contributed by atoms with E-state index in [4.69, 9.17) is 14.6 Å². The molecule has 1 saturated heterocycles. The zero-order chi connectivity index (χ0) is 13.9. The number of rotatable bonds is 3. The maximum absolute atomic E-state index is 11.9. The van der Waals surface area contributed by atoms with Gasteiger partial charge in [-0.3, -0.25) is 0 Å². The second-order valence-corrected chi connectivity index (χ2v) is 5.85. The number of ether oxygens (including phenoxy) is 2. The van der Waals surface area contributed by atoms with E-state index in [1.165, 1.54) is 24.3 Å². The summed E-state index contributed by atoms with van der Waals surface area (Å²) in [6.07, 6.45) is 1.13. The largest absolute Gasteiger partial charge is 0.459 e. The Morgan fingerprint density at radius 1 is 1.32 bits per heavy atom. The van der Waals surface area contributed by atoms with Gasteiger partial charge in [-0.1, -0.05) is 6.07 Å². The third-order valence-electron chi connectivity index (χ3n) is 2.84. The van der Waals surface area contributed by atoms with Crippen LogP contribution in [0.1, 0.15) is 23.2 Å². The lowest BCUT2D eigenvalue weighted by atomic mass is 10.1. The lowest BCUT2D eigenvalue weighted by molar-refractivity contribution is -0.0159. The van der Waals surface area contributed by atoms with Crippen LogP contribution in [-0.4, -0.2) is 33.7 Å². The Balaban J connectivity index is 2.10. The van der Waals surface area contributed by atoms with E-state index < -0.39 is 16.0 Å². The molecule has 0 aliphatic carbocycles. The molecule has 19 heavy (non-hydrogen) atoms. The van der Waals surface area contributed by atoms with Crippen LogP contribution in [0.15, 0.2) is 29.2 Å². The van der Waals surface area contributed by atoms with Gasteiger partial charge in [-0.2, -0.15) is 0 Å². The monoisotopic (exact) mass is 285 g/mol. The van der Waals surface area contributed by atoms with Crippen LogP contribution in [-0.2, 0) is 19.5 Å². The zero-order valence-electron chi connectivity index (χ0n) is 10.2. The van der Waals surface area contributed by atoms with Crippen LogP contribution in [0.4, 0.5) is 0 Å². The smallest absolute Gasteiger partial charge is 0.338 e. The number of sulfonamides is 1. The van der Waals surface area contributed by atoms with Crippen molar-refractivity contribution in [2.24, 2.45) is 5.14 Å². The van der Waals surface area contributed by atoms with Crippen molar-refractivity contribution in [3.63, 3.8) is 0 Å². The average molecular weight is 285 g/mol. The van der Waals surface area contributed by atoms with Gasteiger partial charge in [0.15, 0.2) is 0 Å². The van der Waals surface area contributed by atoms with E-state index in [1.54, 1.807) is 0 Å². The average Bonchev–Trinajstić information content (AvgIpc) is 2.39. The summed E-state index contributed by atoms with van der Waals surface area (Å²) in [6.45, 7) is 1.13. The molecule has 0 saturated carbocycles. The van der Waals surface area contributed by atoms with Crippen LogP contribution in [0.3, 0.4) is 0 Å². The lowest BCUT2D eigenvalue weighted by Crippen LogP contribution is -2.26. The summed E-state index contributed by atoms with van der Waals surface area (Å²) in [5.41, 5.74) is 0.179. The molecule has 0 aromatic heterocycles. The summed E-state index contributed by atoms with van der Waals surface area (Å²) in [7, 11) is -3.82. The topological polar surface area (TPSA) is 95.7 Å². The van der Waals surface area contributed by atoms with Gasteiger partial charge >= 0.3 is 5.97 Å². The fraction of sp³-hybridized carbons (Fsp3) is 0.417. The first-order chi connectivity index (χ1) is 8.97. The van der Waals surface area contributed by atoms with Gasteiger partial charge in [0, 0.05) is 12.8 Å². The summed E-state index contributed by atoms with van der Waals surface area (Å²) in [5.74, 6) is -0.544. The Morgan fingerprint density at radius 3 is 2.63 bits per heavy atom. The quantitative estimate of drug-likeness (QED) is 0.823. The molecule has 0 amide bonds. The SMILES string of the molecule is NS(=O)(=O)c1cccc(C(=O)OC2CCOCC2)c1. The summed E-state index contributed by atoms with van der Waals surface area (Å²) >= 11 is 0. The van der Waals surface area contributed by atoms with Gasteiger partial charge in [-0.15, -0.1) is 0 Å². The molecule has 0 unspecified atom stereocenters. The van der Waals surface area contributed by atoms with Crippen molar-refractivity contribution in [2.45, 2.75) is 23.8 Å². The molecule has 2 rings (SSSR count). The normalized spacial score (nSPS) is 17.1. The Labute approximate surface area is 111 Å². The van der Waals surface area contributed by atoms with Gasteiger partial charge in [0.1, 0.15) is 6.10 Å². The molecule has 0 bridgehead atoms. The van der Waals surface area contributed by atoms with Gasteiger partial charge in [0.25, 0.3) is 0 Å². The molecule has 1 aromatic carbocycles. The van der Waals surface area contributed by atoms with E-state index >= 15 is 0 Å². The molecular weight excluding hydrogens is 270 g/mol. The van der Waals surface area contributed by atoms with Crippen molar-refractivity contribution in [2.75, 3.05) is 13.2 Å². The van der Waals surface area contributed by atoms with Gasteiger partial charge in [0.05, 0.1) is 23.7 Å². The Kier molecular flexibility index (Phi) is 4.18. The predicted octanol–water partition coefficient (Wildman–Crippen LogP) is 0.670. The minimum absolute atomic E-state index is 0.103. The highest BCUT2D eigenvalue weighted by atomic mass is 32.2. The molecule has 0 atom stereocenters. The Bertz CT molecular complexity index is 563. The number of primary sulfonamides is 1. The molecule has 104 valence electrons. The third kappa shape index (κ3) is 3.76. The number of carbonyl (C=O) groups is 1. The van der Waals surface area contributed by atoms with Crippen LogP contribution in [0.2, 0.25) is 0 Å². The molecule has 1 aliphatic rings. The molecule has 0 spiro atoms. The summed E-state index contributed by atoms with van der Waals surface area (Å²) < 4.78 is 32.9. The van der Waals surface area contributed by atoms with Crippen molar-refractivity contribution < 1.29 is 22.7 Å². The van der Waals surface area contributed by atoms with Gasteiger partial charge in [0.2, 0.25) is 10.0 Å². The van der Waals surface area contributed by atoms with Gasteiger partial charge in [-0.05, 0) is 18.2 Å². The van der Waals surface area contributed by atoms with Crippen molar-refractivity contribution in [1.82, 2.24) is 0 Å². The molecule has 0 radical (unpaired) electrons. The standard InChI is InChI=1S/C12H15NO5S/c13-19(15,16)11-3-1-2-9(8-11)12(14)18-10-4-6-17-7-5-10/h1-3,8,10H,4-7H2,(H2,13,15,16). The Hall–Kier alpha value is -1.44. The van der Waals surface area contributed by atoms with Crippen LogP contribution in [0.25, 0.3) is 0 Å². The van der Waals surface area contributed by atoms with Crippen LogP contribution in [0, 0.1) is 0 Å². The van der Waals surface area contributed by atoms with Crippen LogP contribution < -0.4 is 5.14 Å². The highest BCUT2D eigenvalue weighted by Gasteiger charge is 2.20. The zero-order valence-corrected chi connectivity index (χ0v) is 11.1. The van der Waals surface area contributed by atoms with Crippen molar-refractivity contribution in [1.29, 1.82) is 0 Å². The van der Waals surface area contributed by atoms with E-state index in [0.717, 1.165) is 0 Å². The number of hydrogen-bond donors (Lipinski definition) is 1. The molecule has 2 N–H and O–H groups in total. The van der Waals surface area contributed by atoms with E-state index in [2.05, 4.69) is 0 Å². The van der Waals surface area contributed by atoms with E-state index in [0.29, 0.717) is 26.1 Å². The number of hydrogen-bond acceptors (Lipinski definition) is 5. The van der Waals surface area contributed by atoms with E-state index in [9.17, 15) is 13.2 Å². The van der Waals surface area contributed by atoms with Crippen molar-refractivity contribution in [3.8, 4) is 0 Å². The van der Waals surface area contributed by atoms with E-state index in [-0.39, 0.29) is 16.6 Å². The minimum Gasteiger partial charge on any atom is -0.459 e.